The molecule has 0 atom stereocenters. The van der Waals surface area contributed by atoms with Crippen molar-refractivity contribution >= 4 is 11.6 Å². The van der Waals surface area contributed by atoms with Crippen LogP contribution in [0.1, 0.15) is 42.4 Å². The number of ether oxygens (including phenoxy) is 2. The molecule has 3 aromatic rings. The maximum Gasteiger partial charge on any atom is 0.259 e. The van der Waals surface area contributed by atoms with E-state index < -0.39 is 0 Å². The molecule has 8 heteroatoms. The predicted molar refractivity (Wildman–Crippen MR) is 111 cm³/mol. The molecule has 0 saturated carbocycles. The lowest BCUT2D eigenvalue weighted by molar-refractivity contribution is 0.102. The van der Waals surface area contributed by atoms with Crippen LogP contribution in [0.4, 0.5) is 5.69 Å². The molecule has 29 heavy (non-hydrogen) atoms. The van der Waals surface area contributed by atoms with E-state index in [2.05, 4.69) is 15.5 Å². The molecule has 0 spiro atoms. The van der Waals surface area contributed by atoms with Gasteiger partial charge in [0.15, 0.2) is 11.5 Å². The Hall–Kier alpha value is -3.29. The van der Waals surface area contributed by atoms with E-state index in [-0.39, 0.29) is 5.91 Å². The highest BCUT2D eigenvalue weighted by Gasteiger charge is 2.14. The highest BCUT2D eigenvalue weighted by Crippen LogP contribution is 2.29. The molecule has 0 unspecified atom stereocenters. The first-order valence-corrected chi connectivity index (χ1v) is 9.80. The third kappa shape index (κ3) is 4.96. The van der Waals surface area contributed by atoms with Crippen LogP contribution in [0.2, 0.25) is 0 Å². The molecule has 8 nitrogen and oxygen atoms in total. The van der Waals surface area contributed by atoms with Gasteiger partial charge in [-0.15, -0.1) is 0 Å². The zero-order valence-electron chi connectivity index (χ0n) is 17.3. The van der Waals surface area contributed by atoms with E-state index in [4.69, 9.17) is 9.47 Å². The number of anilines is 1. The van der Waals surface area contributed by atoms with Gasteiger partial charge in [-0.05, 0) is 45.4 Å². The van der Waals surface area contributed by atoms with Crippen LogP contribution in [0.25, 0.3) is 0 Å². The first-order valence-electron chi connectivity index (χ1n) is 9.80. The van der Waals surface area contributed by atoms with E-state index in [1.54, 1.807) is 28.0 Å². The Morgan fingerprint density at radius 2 is 1.83 bits per heavy atom. The first-order chi connectivity index (χ1) is 14.0. The standard InChI is InChI=1S/C21H27N5O3/c1-5-25-14-18(15(4)24-25)21(27)23-17-11-22-26(13-17)12-16-8-9-19(28-6-2)20(10-16)29-7-3/h8-11,13-14H,5-7,12H2,1-4H3,(H,23,27). The minimum atomic E-state index is -0.193. The maximum absolute atomic E-state index is 12.5. The number of nitrogens with zero attached hydrogens (tertiary/aromatic N) is 4. The first kappa shape index (κ1) is 20.4. The average molecular weight is 397 g/mol. The molecule has 0 saturated heterocycles. The summed E-state index contributed by atoms with van der Waals surface area (Å²) in [6.45, 7) is 10.1. The normalized spacial score (nSPS) is 10.8. The van der Waals surface area contributed by atoms with Crippen molar-refractivity contribution in [3.63, 3.8) is 0 Å². The summed E-state index contributed by atoms with van der Waals surface area (Å²) in [6, 6.07) is 5.84. The summed E-state index contributed by atoms with van der Waals surface area (Å²) >= 11 is 0. The lowest BCUT2D eigenvalue weighted by Crippen LogP contribution is -2.12. The Bertz CT molecular complexity index is 977. The number of aryl methyl sites for hydroxylation is 2. The molecule has 0 aliphatic rings. The van der Waals surface area contributed by atoms with Crippen molar-refractivity contribution in [2.75, 3.05) is 18.5 Å². The highest BCUT2D eigenvalue weighted by atomic mass is 16.5. The summed E-state index contributed by atoms with van der Waals surface area (Å²) in [6.07, 6.45) is 5.19. The Morgan fingerprint density at radius 3 is 2.52 bits per heavy atom. The van der Waals surface area contributed by atoms with Gasteiger partial charge in [-0.3, -0.25) is 14.2 Å². The minimum absolute atomic E-state index is 0.193. The van der Waals surface area contributed by atoms with Gasteiger partial charge in [-0.2, -0.15) is 10.2 Å². The number of amides is 1. The zero-order valence-corrected chi connectivity index (χ0v) is 17.3. The Kier molecular flexibility index (Phi) is 6.54. The van der Waals surface area contributed by atoms with E-state index in [9.17, 15) is 4.79 Å². The fourth-order valence-corrected chi connectivity index (χ4v) is 3.00. The lowest BCUT2D eigenvalue weighted by atomic mass is 10.2. The van der Waals surface area contributed by atoms with Gasteiger partial charge in [0, 0.05) is 18.9 Å². The van der Waals surface area contributed by atoms with Gasteiger partial charge in [0.05, 0.1) is 42.9 Å². The Morgan fingerprint density at radius 1 is 1.07 bits per heavy atom. The molecular weight excluding hydrogens is 370 g/mol. The minimum Gasteiger partial charge on any atom is -0.490 e. The zero-order chi connectivity index (χ0) is 20.8. The molecule has 1 N–H and O–H groups in total. The average Bonchev–Trinajstić information content (AvgIpc) is 3.30. The molecule has 0 aliphatic carbocycles. The number of benzene rings is 1. The van der Waals surface area contributed by atoms with Gasteiger partial charge >= 0.3 is 0 Å². The predicted octanol–water partition coefficient (Wildman–Crippen LogP) is 3.51. The molecule has 1 amide bonds. The molecule has 3 rings (SSSR count). The number of carbonyl (C=O) groups is 1. The molecule has 2 heterocycles. The van der Waals surface area contributed by atoms with Gasteiger partial charge < -0.3 is 14.8 Å². The molecular formula is C21H27N5O3. The second-order valence-electron chi connectivity index (χ2n) is 6.51. The summed E-state index contributed by atoms with van der Waals surface area (Å²) in [5, 5.41) is 11.5. The summed E-state index contributed by atoms with van der Waals surface area (Å²) in [5.74, 6) is 1.26. The van der Waals surface area contributed by atoms with Crippen LogP contribution >= 0.6 is 0 Å². The molecule has 0 radical (unpaired) electrons. The van der Waals surface area contributed by atoms with Gasteiger partial charge in [-0.25, -0.2) is 0 Å². The monoisotopic (exact) mass is 397 g/mol. The smallest absolute Gasteiger partial charge is 0.259 e. The van der Waals surface area contributed by atoms with Crippen molar-refractivity contribution in [3.05, 3.63) is 53.6 Å². The van der Waals surface area contributed by atoms with E-state index >= 15 is 0 Å². The van der Waals surface area contributed by atoms with Crippen molar-refractivity contribution in [1.29, 1.82) is 0 Å². The van der Waals surface area contributed by atoms with Gasteiger partial charge in [0.25, 0.3) is 5.91 Å². The largest absolute Gasteiger partial charge is 0.490 e. The van der Waals surface area contributed by atoms with Crippen LogP contribution in [0.3, 0.4) is 0 Å². The SMILES string of the molecule is CCOc1ccc(Cn2cc(NC(=O)c3cn(CC)nc3C)cn2)cc1OCC. The Balaban J connectivity index is 1.69. The third-order valence-electron chi connectivity index (χ3n) is 4.36. The van der Waals surface area contributed by atoms with Crippen LogP contribution in [-0.2, 0) is 13.1 Å². The van der Waals surface area contributed by atoms with E-state index in [0.717, 1.165) is 23.6 Å². The number of carbonyl (C=O) groups excluding carboxylic acids is 1. The summed E-state index contributed by atoms with van der Waals surface area (Å²) in [5.41, 5.74) is 2.93. The number of rotatable bonds is 9. The van der Waals surface area contributed by atoms with Crippen molar-refractivity contribution in [2.24, 2.45) is 0 Å². The fourth-order valence-electron chi connectivity index (χ4n) is 3.00. The topological polar surface area (TPSA) is 83.2 Å². The molecule has 2 aromatic heterocycles. The van der Waals surface area contributed by atoms with E-state index in [0.29, 0.717) is 36.7 Å². The quantitative estimate of drug-likeness (QED) is 0.597. The van der Waals surface area contributed by atoms with Crippen LogP contribution in [0, 0.1) is 6.92 Å². The van der Waals surface area contributed by atoms with E-state index in [1.165, 1.54) is 0 Å². The van der Waals surface area contributed by atoms with Crippen molar-refractivity contribution in [2.45, 2.75) is 40.8 Å². The van der Waals surface area contributed by atoms with Crippen molar-refractivity contribution in [3.8, 4) is 11.5 Å². The lowest BCUT2D eigenvalue weighted by Gasteiger charge is -2.12. The molecule has 0 fully saturated rings. The summed E-state index contributed by atoms with van der Waals surface area (Å²) in [7, 11) is 0. The van der Waals surface area contributed by atoms with E-state index in [1.807, 2.05) is 45.9 Å². The number of aromatic nitrogens is 4. The molecule has 0 bridgehead atoms. The van der Waals surface area contributed by atoms with Crippen molar-refractivity contribution < 1.29 is 14.3 Å². The van der Waals surface area contributed by atoms with Gasteiger partial charge in [0.1, 0.15) is 0 Å². The number of hydrogen-bond donors (Lipinski definition) is 1. The Labute approximate surface area is 170 Å². The van der Waals surface area contributed by atoms with Gasteiger partial charge in [-0.1, -0.05) is 6.07 Å². The second-order valence-corrected chi connectivity index (χ2v) is 6.51. The third-order valence-corrected chi connectivity index (χ3v) is 4.36. The van der Waals surface area contributed by atoms with Gasteiger partial charge in [0.2, 0.25) is 0 Å². The van der Waals surface area contributed by atoms with Crippen LogP contribution in [0.15, 0.2) is 36.8 Å². The fraction of sp³-hybridized carbons (Fsp3) is 0.381. The second kappa shape index (κ2) is 9.27. The van der Waals surface area contributed by atoms with Crippen molar-refractivity contribution in [1.82, 2.24) is 19.6 Å². The molecule has 1 aromatic carbocycles. The van der Waals surface area contributed by atoms with Crippen LogP contribution in [-0.4, -0.2) is 38.7 Å². The molecule has 0 aliphatic heterocycles. The summed E-state index contributed by atoms with van der Waals surface area (Å²) < 4.78 is 14.8. The number of nitrogens with one attached hydrogen (secondary N) is 1. The van der Waals surface area contributed by atoms with Crippen LogP contribution < -0.4 is 14.8 Å². The maximum atomic E-state index is 12.5. The summed E-state index contributed by atoms with van der Waals surface area (Å²) in [4.78, 5) is 12.5. The number of hydrogen-bond acceptors (Lipinski definition) is 5. The molecule has 154 valence electrons. The highest BCUT2D eigenvalue weighted by molar-refractivity contribution is 6.04. The van der Waals surface area contributed by atoms with Crippen LogP contribution in [0.5, 0.6) is 11.5 Å².